The van der Waals surface area contributed by atoms with Crippen LogP contribution in [-0.2, 0) is 5.54 Å². The molecule has 0 saturated heterocycles. The average molecular weight is 496 g/mol. The van der Waals surface area contributed by atoms with Gasteiger partial charge >= 0.3 is 0 Å². The van der Waals surface area contributed by atoms with Crippen molar-refractivity contribution in [2.75, 3.05) is 5.32 Å². The van der Waals surface area contributed by atoms with Gasteiger partial charge in [-0.15, -0.1) is 0 Å². The van der Waals surface area contributed by atoms with E-state index in [1.54, 1.807) is 0 Å². The van der Waals surface area contributed by atoms with E-state index in [1.165, 1.54) is 12.0 Å². The summed E-state index contributed by atoms with van der Waals surface area (Å²) in [7, 11) is 0. The van der Waals surface area contributed by atoms with Crippen molar-refractivity contribution in [3.63, 3.8) is 0 Å². The Morgan fingerprint density at radius 3 is 2.53 bits per heavy atom. The molecule has 38 heavy (non-hydrogen) atoms. The molecule has 1 aliphatic heterocycles. The third-order valence-corrected chi connectivity index (χ3v) is 7.96. The minimum Gasteiger partial charge on any atom is -0.454 e. The third-order valence-electron chi connectivity index (χ3n) is 7.96. The zero-order valence-electron chi connectivity index (χ0n) is 20.7. The molecule has 3 aromatic carbocycles. The first-order valence-corrected chi connectivity index (χ1v) is 13.0. The van der Waals surface area contributed by atoms with Crippen LogP contribution in [0.4, 0.5) is 11.5 Å². The third kappa shape index (κ3) is 3.10. The molecule has 0 radical (unpaired) electrons. The summed E-state index contributed by atoms with van der Waals surface area (Å²) in [5, 5.41) is 4.58. The summed E-state index contributed by atoms with van der Waals surface area (Å²) in [4.78, 5) is 9.96. The number of nitrogens with zero attached hydrogens (tertiary/aromatic N) is 3. The van der Waals surface area contributed by atoms with Crippen molar-refractivity contribution >= 4 is 22.5 Å². The van der Waals surface area contributed by atoms with Gasteiger partial charge in [-0.3, -0.25) is 4.57 Å². The van der Waals surface area contributed by atoms with Crippen LogP contribution in [-0.4, -0.2) is 14.5 Å². The molecule has 6 aromatic rings. The largest absolute Gasteiger partial charge is 0.454 e. The van der Waals surface area contributed by atoms with Gasteiger partial charge in [-0.2, -0.15) is 0 Å². The Labute approximate surface area is 219 Å². The van der Waals surface area contributed by atoms with E-state index in [2.05, 4.69) is 64.5 Å². The number of benzene rings is 3. The van der Waals surface area contributed by atoms with Crippen molar-refractivity contribution in [3.8, 4) is 39.8 Å². The van der Waals surface area contributed by atoms with Crippen LogP contribution in [0.1, 0.15) is 24.8 Å². The zero-order valence-corrected chi connectivity index (χ0v) is 20.7. The van der Waals surface area contributed by atoms with Crippen LogP contribution in [0.5, 0.6) is 0 Å². The molecule has 1 aliphatic carbocycles. The van der Waals surface area contributed by atoms with E-state index in [0.717, 1.165) is 75.1 Å². The van der Waals surface area contributed by atoms with Crippen molar-refractivity contribution in [2.24, 2.45) is 5.73 Å². The first kappa shape index (κ1) is 21.4. The topological polar surface area (TPSA) is 81.9 Å². The molecular formula is C32H25N5O. The maximum absolute atomic E-state index is 6.66. The maximum atomic E-state index is 6.66. The first-order valence-electron chi connectivity index (χ1n) is 13.0. The Bertz CT molecular complexity index is 1810. The number of hydrogen-bond donors (Lipinski definition) is 2. The monoisotopic (exact) mass is 495 g/mol. The molecule has 6 nitrogen and oxygen atoms in total. The van der Waals surface area contributed by atoms with Crippen molar-refractivity contribution < 1.29 is 4.42 Å². The SMILES string of the molecule is NC1(c2ccc(-c3c(-c4cc5ccccc5o4)nc4n3-c3cccnc3Nc3ccccc3-4)cc2)CCC1. The number of rotatable bonds is 3. The summed E-state index contributed by atoms with van der Waals surface area (Å²) in [5.41, 5.74) is 14.2. The van der Waals surface area contributed by atoms with Crippen LogP contribution in [0.2, 0.25) is 0 Å². The number of nitrogens with one attached hydrogen (secondary N) is 1. The number of hydrogen-bond acceptors (Lipinski definition) is 5. The van der Waals surface area contributed by atoms with Crippen LogP contribution in [0, 0.1) is 0 Å². The molecule has 184 valence electrons. The summed E-state index contributed by atoms with van der Waals surface area (Å²) in [6.45, 7) is 0. The van der Waals surface area contributed by atoms with Crippen molar-refractivity contribution in [3.05, 3.63) is 103 Å². The van der Waals surface area contributed by atoms with E-state index in [0.29, 0.717) is 0 Å². The van der Waals surface area contributed by atoms with Crippen LogP contribution >= 0.6 is 0 Å². The number of pyridine rings is 1. The molecule has 3 aromatic heterocycles. The van der Waals surface area contributed by atoms with Crippen molar-refractivity contribution in [2.45, 2.75) is 24.8 Å². The molecule has 0 bridgehead atoms. The number of nitrogens with two attached hydrogens (primary N) is 1. The van der Waals surface area contributed by atoms with Crippen LogP contribution in [0.3, 0.4) is 0 Å². The summed E-state index contributed by atoms with van der Waals surface area (Å²) >= 11 is 0. The van der Waals surface area contributed by atoms with Crippen LogP contribution < -0.4 is 11.1 Å². The van der Waals surface area contributed by atoms with E-state index >= 15 is 0 Å². The van der Waals surface area contributed by atoms with E-state index < -0.39 is 0 Å². The molecule has 1 saturated carbocycles. The van der Waals surface area contributed by atoms with Crippen molar-refractivity contribution in [1.82, 2.24) is 14.5 Å². The maximum Gasteiger partial charge on any atom is 0.156 e. The molecule has 6 heteroatoms. The van der Waals surface area contributed by atoms with E-state index in [-0.39, 0.29) is 5.54 Å². The van der Waals surface area contributed by atoms with Crippen molar-refractivity contribution in [1.29, 1.82) is 0 Å². The second-order valence-corrected chi connectivity index (χ2v) is 10.2. The fraction of sp³-hybridized carbons (Fsp3) is 0.125. The molecule has 8 rings (SSSR count). The number of furan rings is 1. The summed E-state index contributed by atoms with van der Waals surface area (Å²) in [6.07, 6.45) is 5.05. The summed E-state index contributed by atoms with van der Waals surface area (Å²) in [6, 6.07) is 31.1. The van der Waals surface area contributed by atoms with Gasteiger partial charge in [-0.05, 0) is 61.2 Å². The highest BCUT2D eigenvalue weighted by atomic mass is 16.3. The minimum atomic E-state index is -0.214. The van der Waals surface area contributed by atoms with Gasteiger partial charge in [0, 0.05) is 28.2 Å². The smallest absolute Gasteiger partial charge is 0.156 e. The number of anilines is 2. The van der Waals surface area contributed by atoms with Gasteiger partial charge in [-0.25, -0.2) is 9.97 Å². The van der Waals surface area contributed by atoms with Gasteiger partial charge in [0.25, 0.3) is 0 Å². The predicted octanol–water partition coefficient (Wildman–Crippen LogP) is 7.41. The second kappa shape index (κ2) is 7.91. The molecule has 4 heterocycles. The molecule has 0 amide bonds. The number of para-hydroxylation sites is 2. The Morgan fingerprint density at radius 2 is 1.71 bits per heavy atom. The van der Waals surface area contributed by atoms with E-state index in [9.17, 15) is 0 Å². The van der Waals surface area contributed by atoms with Gasteiger partial charge in [0.15, 0.2) is 11.6 Å². The fourth-order valence-electron chi connectivity index (χ4n) is 5.77. The molecule has 0 spiro atoms. The first-order chi connectivity index (χ1) is 18.7. The lowest BCUT2D eigenvalue weighted by Crippen LogP contribution is -2.43. The number of fused-ring (bicyclic) bond motifs is 6. The molecule has 1 fully saturated rings. The summed E-state index contributed by atoms with van der Waals surface area (Å²) < 4.78 is 8.59. The van der Waals surface area contributed by atoms with Crippen LogP contribution in [0.15, 0.2) is 102 Å². The normalized spacial score (nSPS) is 15.1. The molecule has 2 aliphatic rings. The average Bonchev–Trinajstić information content (AvgIpc) is 3.51. The highest BCUT2D eigenvalue weighted by Gasteiger charge is 2.35. The Balaban J connectivity index is 1.44. The molecule has 0 unspecified atom stereocenters. The molecular weight excluding hydrogens is 470 g/mol. The number of aromatic nitrogens is 3. The standard InChI is InChI=1S/C32H25N5O/c33-32(16-6-17-32)22-14-12-20(13-15-22)29-28(27-19-21-7-1-4-11-26(21)38-27)36-31-23-8-2-3-9-24(23)35-30-25(37(29)31)10-5-18-34-30/h1-5,7-15,18-19H,6,16-17,33H2,(H,34,35). The predicted molar refractivity (Wildman–Crippen MR) is 150 cm³/mol. The lowest BCUT2D eigenvalue weighted by atomic mass is 9.72. The van der Waals surface area contributed by atoms with Crippen LogP contribution in [0.25, 0.3) is 50.8 Å². The fourth-order valence-corrected chi connectivity index (χ4v) is 5.77. The highest BCUT2D eigenvalue weighted by molar-refractivity contribution is 5.92. The van der Waals surface area contributed by atoms with Gasteiger partial charge < -0.3 is 15.5 Å². The van der Waals surface area contributed by atoms with E-state index in [1.807, 2.05) is 42.6 Å². The highest BCUT2D eigenvalue weighted by Crippen LogP contribution is 2.46. The minimum absolute atomic E-state index is 0.214. The Kier molecular flexibility index (Phi) is 4.46. The quantitative estimate of drug-likeness (QED) is 0.267. The Morgan fingerprint density at radius 1 is 0.895 bits per heavy atom. The van der Waals surface area contributed by atoms with Gasteiger partial charge in [0.05, 0.1) is 17.1 Å². The number of imidazole rings is 1. The lowest BCUT2D eigenvalue weighted by molar-refractivity contribution is 0.253. The lowest BCUT2D eigenvalue weighted by Gasteiger charge is -2.38. The van der Waals surface area contributed by atoms with E-state index in [4.69, 9.17) is 20.1 Å². The zero-order chi connectivity index (χ0) is 25.3. The van der Waals surface area contributed by atoms with Gasteiger partial charge in [0.2, 0.25) is 0 Å². The van der Waals surface area contributed by atoms with Gasteiger partial charge in [-0.1, -0.05) is 54.6 Å². The second-order valence-electron chi connectivity index (χ2n) is 10.2. The van der Waals surface area contributed by atoms with Gasteiger partial charge in [0.1, 0.15) is 17.1 Å². The Hall–Kier alpha value is -4.68. The molecule has 0 atom stereocenters. The summed E-state index contributed by atoms with van der Waals surface area (Å²) in [5.74, 6) is 2.35. The molecule has 3 N–H and O–H groups in total.